The Hall–Kier alpha value is -2.62. The van der Waals surface area contributed by atoms with E-state index in [0.29, 0.717) is 5.75 Å². The van der Waals surface area contributed by atoms with Crippen LogP contribution in [0.2, 0.25) is 0 Å². The Morgan fingerprint density at radius 1 is 0.818 bits per heavy atom. The van der Waals surface area contributed by atoms with Crippen LogP contribution in [0.3, 0.4) is 0 Å². The number of hydrogen-bond donors (Lipinski definition) is 1. The molecule has 0 saturated heterocycles. The average molecular weight is 298 g/mol. The van der Waals surface area contributed by atoms with Crippen molar-refractivity contribution in [3.05, 3.63) is 63.7 Å². The molecule has 4 heteroatoms. The van der Waals surface area contributed by atoms with Gasteiger partial charge < -0.3 is 9.84 Å². The predicted octanol–water partition coefficient (Wildman–Crippen LogP) is 3.84. The number of carboxylic acids is 1. The Morgan fingerprint density at radius 2 is 1.36 bits per heavy atom. The maximum Gasteiger partial charge on any atom is 0.344 e. The summed E-state index contributed by atoms with van der Waals surface area (Å²) in [7, 11) is 0. The maximum absolute atomic E-state index is 12.3. The Labute approximate surface area is 129 Å². The van der Waals surface area contributed by atoms with Gasteiger partial charge in [0.1, 0.15) is 5.75 Å². The second-order valence-corrected chi connectivity index (χ2v) is 5.42. The van der Waals surface area contributed by atoms with Crippen molar-refractivity contribution < 1.29 is 19.4 Å². The molecule has 0 aromatic heterocycles. The van der Waals surface area contributed by atoms with E-state index in [1.165, 1.54) is 6.07 Å². The van der Waals surface area contributed by atoms with Crippen LogP contribution in [0.5, 0.6) is 5.75 Å². The summed E-state index contributed by atoms with van der Waals surface area (Å²) in [6.07, 6.45) is 0. The molecule has 2 aromatic rings. The minimum atomic E-state index is -1.14. The van der Waals surface area contributed by atoms with Crippen molar-refractivity contribution in [3.8, 4) is 5.75 Å². The third-order valence-electron chi connectivity index (χ3n) is 3.77. The molecule has 0 spiro atoms. The van der Waals surface area contributed by atoms with E-state index in [2.05, 4.69) is 0 Å². The molecule has 0 unspecified atom stereocenters. The van der Waals surface area contributed by atoms with Crippen LogP contribution >= 0.6 is 0 Å². The minimum absolute atomic E-state index is 0.0445. The molecule has 2 aromatic carbocycles. The minimum Gasteiger partial charge on any atom is -0.478 e. The molecule has 0 radical (unpaired) electrons. The highest BCUT2D eigenvalue weighted by Crippen LogP contribution is 2.21. The van der Waals surface area contributed by atoms with E-state index in [4.69, 9.17) is 4.74 Å². The van der Waals surface area contributed by atoms with Gasteiger partial charge in [0.05, 0.1) is 11.1 Å². The van der Waals surface area contributed by atoms with E-state index in [-0.39, 0.29) is 11.1 Å². The number of esters is 1. The van der Waals surface area contributed by atoms with Crippen molar-refractivity contribution in [1.82, 2.24) is 0 Å². The molecule has 0 saturated carbocycles. The lowest BCUT2D eigenvalue weighted by atomic mass is 10.00. The van der Waals surface area contributed by atoms with E-state index in [1.807, 2.05) is 26.8 Å². The standard InChI is InChI=1S/C18H18O4/c1-10-5-6-14(7-11(10)2)22-18(21)16-9-13(4)12(3)8-15(16)17(19)20/h5-9H,1-4H3,(H,19,20). The highest BCUT2D eigenvalue weighted by molar-refractivity contribution is 6.03. The molecule has 0 aliphatic heterocycles. The molecule has 114 valence electrons. The van der Waals surface area contributed by atoms with Crippen molar-refractivity contribution in [2.45, 2.75) is 27.7 Å². The lowest BCUT2D eigenvalue weighted by Crippen LogP contribution is -2.15. The van der Waals surface area contributed by atoms with E-state index >= 15 is 0 Å². The van der Waals surface area contributed by atoms with Gasteiger partial charge in [-0.15, -0.1) is 0 Å². The molecule has 2 rings (SSSR count). The van der Waals surface area contributed by atoms with Gasteiger partial charge in [-0.25, -0.2) is 9.59 Å². The van der Waals surface area contributed by atoms with Crippen LogP contribution in [0.4, 0.5) is 0 Å². The fourth-order valence-corrected chi connectivity index (χ4v) is 2.10. The van der Waals surface area contributed by atoms with Gasteiger partial charge in [0.15, 0.2) is 0 Å². The lowest BCUT2D eigenvalue weighted by molar-refractivity contribution is 0.0667. The Morgan fingerprint density at radius 3 is 1.91 bits per heavy atom. The highest BCUT2D eigenvalue weighted by atomic mass is 16.5. The van der Waals surface area contributed by atoms with Crippen molar-refractivity contribution in [1.29, 1.82) is 0 Å². The van der Waals surface area contributed by atoms with Gasteiger partial charge in [-0.1, -0.05) is 6.07 Å². The monoisotopic (exact) mass is 298 g/mol. The molecule has 0 aliphatic rings. The van der Waals surface area contributed by atoms with Gasteiger partial charge in [-0.2, -0.15) is 0 Å². The number of rotatable bonds is 3. The number of carboxylic acid groups (broad SMARTS) is 1. The molecular weight excluding hydrogens is 280 g/mol. The van der Waals surface area contributed by atoms with Gasteiger partial charge in [-0.05, 0) is 74.2 Å². The molecule has 0 fully saturated rings. The van der Waals surface area contributed by atoms with Gasteiger partial charge in [0.25, 0.3) is 0 Å². The zero-order valence-corrected chi connectivity index (χ0v) is 13.1. The van der Waals surface area contributed by atoms with Gasteiger partial charge >= 0.3 is 11.9 Å². The summed E-state index contributed by atoms with van der Waals surface area (Å²) in [5.74, 6) is -1.40. The first kappa shape index (κ1) is 15.8. The fraction of sp³-hybridized carbons (Fsp3) is 0.222. The first-order valence-electron chi connectivity index (χ1n) is 6.93. The van der Waals surface area contributed by atoms with E-state index in [9.17, 15) is 14.7 Å². The Kier molecular flexibility index (Phi) is 4.31. The van der Waals surface area contributed by atoms with Gasteiger partial charge in [0, 0.05) is 0 Å². The average Bonchev–Trinajstić information content (AvgIpc) is 2.45. The first-order chi connectivity index (χ1) is 10.3. The SMILES string of the molecule is Cc1ccc(OC(=O)c2cc(C)c(C)cc2C(=O)O)cc1C. The van der Waals surface area contributed by atoms with Crippen molar-refractivity contribution in [2.24, 2.45) is 0 Å². The summed E-state index contributed by atoms with van der Waals surface area (Å²) >= 11 is 0. The van der Waals surface area contributed by atoms with Crippen molar-refractivity contribution in [3.63, 3.8) is 0 Å². The molecule has 0 atom stereocenters. The summed E-state index contributed by atoms with van der Waals surface area (Å²) in [6, 6.07) is 8.36. The number of benzene rings is 2. The smallest absolute Gasteiger partial charge is 0.344 e. The van der Waals surface area contributed by atoms with E-state index in [1.54, 1.807) is 25.1 Å². The number of carbonyl (C=O) groups excluding carboxylic acids is 1. The first-order valence-corrected chi connectivity index (χ1v) is 6.93. The molecule has 4 nitrogen and oxygen atoms in total. The number of ether oxygens (including phenoxy) is 1. The molecule has 22 heavy (non-hydrogen) atoms. The van der Waals surface area contributed by atoms with Crippen LogP contribution in [0.15, 0.2) is 30.3 Å². The second-order valence-electron chi connectivity index (χ2n) is 5.42. The third-order valence-corrected chi connectivity index (χ3v) is 3.77. The fourth-order valence-electron chi connectivity index (χ4n) is 2.10. The number of aryl methyl sites for hydroxylation is 4. The molecule has 0 amide bonds. The normalized spacial score (nSPS) is 10.4. The zero-order chi connectivity index (χ0) is 16.4. The summed E-state index contributed by atoms with van der Waals surface area (Å²) in [4.78, 5) is 23.6. The second kappa shape index (κ2) is 6.02. The largest absolute Gasteiger partial charge is 0.478 e. The van der Waals surface area contributed by atoms with Crippen LogP contribution < -0.4 is 4.74 Å². The molecule has 0 bridgehead atoms. The van der Waals surface area contributed by atoms with Gasteiger partial charge in [-0.3, -0.25) is 0 Å². The molecule has 1 N–H and O–H groups in total. The van der Waals surface area contributed by atoms with Crippen LogP contribution in [0, 0.1) is 27.7 Å². The Balaban J connectivity index is 2.38. The highest BCUT2D eigenvalue weighted by Gasteiger charge is 2.20. The lowest BCUT2D eigenvalue weighted by Gasteiger charge is -2.11. The van der Waals surface area contributed by atoms with E-state index < -0.39 is 11.9 Å². The maximum atomic E-state index is 12.3. The van der Waals surface area contributed by atoms with E-state index in [0.717, 1.165) is 22.3 Å². The molecular formula is C18H18O4. The number of aromatic carboxylic acids is 1. The van der Waals surface area contributed by atoms with Crippen LogP contribution in [0.25, 0.3) is 0 Å². The van der Waals surface area contributed by atoms with Crippen LogP contribution in [0.1, 0.15) is 43.0 Å². The van der Waals surface area contributed by atoms with Crippen molar-refractivity contribution >= 4 is 11.9 Å². The number of hydrogen-bond acceptors (Lipinski definition) is 3. The summed E-state index contributed by atoms with van der Waals surface area (Å²) in [6.45, 7) is 7.52. The topological polar surface area (TPSA) is 63.6 Å². The van der Waals surface area contributed by atoms with Crippen LogP contribution in [-0.4, -0.2) is 17.0 Å². The summed E-state index contributed by atoms with van der Waals surface area (Å²) in [5, 5.41) is 9.27. The Bertz CT molecular complexity index is 760. The summed E-state index contributed by atoms with van der Waals surface area (Å²) < 4.78 is 5.32. The predicted molar refractivity (Wildman–Crippen MR) is 83.7 cm³/mol. The third kappa shape index (κ3) is 3.17. The van der Waals surface area contributed by atoms with Gasteiger partial charge in [0.2, 0.25) is 0 Å². The quantitative estimate of drug-likeness (QED) is 0.691. The summed E-state index contributed by atoms with van der Waals surface area (Å²) in [5.41, 5.74) is 3.78. The molecule has 0 aliphatic carbocycles. The molecule has 0 heterocycles. The number of carbonyl (C=O) groups is 2. The zero-order valence-electron chi connectivity index (χ0n) is 13.1. The van der Waals surface area contributed by atoms with Crippen molar-refractivity contribution in [2.75, 3.05) is 0 Å². The van der Waals surface area contributed by atoms with Crippen LogP contribution in [-0.2, 0) is 0 Å².